The van der Waals surface area contributed by atoms with Crippen LogP contribution in [0.4, 0.5) is 4.39 Å². The number of morpholine rings is 1. The second kappa shape index (κ2) is 7.11. The van der Waals surface area contributed by atoms with Crippen LogP contribution >= 0.6 is 0 Å². The lowest BCUT2D eigenvalue weighted by atomic mass is 10.1. The lowest BCUT2D eigenvalue weighted by Gasteiger charge is -2.35. The number of carbonyl (C=O) groups is 1. The fraction of sp³-hybridized carbons (Fsp3) is 0.562. The molecule has 116 valence electrons. The number of Topliss-reactive ketones (excluding diaryl/α,β-unsaturated/α-hetero) is 1. The van der Waals surface area contributed by atoms with E-state index in [1.165, 1.54) is 6.07 Å². The summed E-state index contributed by atoms with van der Waals surface area (Å²) < 4.78 is 19.0. The van der Waals surface area contributed by atoms with Crippen molar-refractivity contribution in [2.24, 2.45) is 0 Å². The topological polar surface area (TPSA) is 49.8 Å². The summed E-state index contributed by atoms with van der Waals surface area (Å²) in [6.45, 7) is 5.57. The molecule has 21 heavy (non-hydrogen) atoms. The summed E-state index contributed by atoms with van der Waals surface area (Å²) in [6.07, 6.45) is 0.191. The molecule has 1 N–H and O–H groups in total. The van der Waals surface area contributed by atoms with Gasteiger partial charge in [0.15, 0.2) is 5.78 Å². The van der Waals surface area contributed by atoms with Gasteiger partial charge in [-0.1, -0.05) is 12.1 Å². The molecule has 0 saturated carbocycles. The molecule has 1 saturated heterocycles. The number of carbonyl (C=O) groups excluding carboxylic acids is 1. The van der Waals surface area contributed by atoms with E-state index in [9.17, 15) is 14.3 Å². The smallest absolute Gasteiger partial charge is 0.164 e. The molecule has 1 fully saturated rings. The Labute approximate surface area is 124 Å². The van der Waals surface area contributed by atoms with Crippen molar-refractivity contribution in [3.8, 4) is 0 Å². The molecule has 0 radical (unpaired) electrons. The Morgan fingerprint density at radius 2 is 2.24 bits per heavy atom. The van der Waals surface area contributed by atoms with Gasteiger partial charge >= 0.3 is 0 Å². The average Bonchev–Trinajstić information content (AvgIpc) is 2.47. The largest absolute Gasteiger partial charge is 0.394 e. The van der Waals surface area contributed by atoms with Gasteiger partial charge in [-0.15, -0.1) is 0 Å². The van der Waals surface area contributed by atoms with Gasteiger partial charge < -0.3 is 9.84 Å². The van der Waals surface area contributed by atoms with Crippen molar-refractivity contribution in [3.05, 3.63) is 35.1 Å². The van der Waals surface area contributed by atoms with Crippen LogP contribution in [0.1, 0.15) is 29.3 Å². The van der Waals surface area contributed by atoms with Crippen molar-refractivity contribution in [1.29, 1.82) is 0 Å². The van der Waals surface area contributed by atoms with Crippen LogP contribution in [0.2, 0.25) is 0 Å². The number of nitrogens with zero attached hydrogens (tertiary/aromatic N) is 1. The number of halogens is 1. The lowest BCUT2D eigenvalue weighted by Crippen LogP contribution is -2.48. The van der Waals surface area contributed by atoms with Crippen molar-refractivity contribution in [3.63, 3.8) is 0 Å². The lowest BCUT2D eigenvalue weighted by molar-refractivity contribution is -0.0947. The zero-order chi connectivity index (χ0) is 15.4. The fourth-order valence-corrected chi connectivity index (χ4v) is 2.59. The van der Waals surface area contributed by atoms with E-state index in [1.807, 2.05) is 6.92 Å². The van der Waals surface area contributed by atoms with E-state index in [2.05, 4.69) is 4.90 Å². The molecule has 0 aromatic heterocycles. The predicted octanol–water partition coefficient (Wildman–Crippen LogP) is 1.79. The molecule has 0 amide bonds. The summed E-state index contributed by atoms with van der Waals surface area (Å²) in [5, 5.41) is 9.18. The molecule has 0 bridgehead atoms. The fourth-order valence-electron chi connectivity index (χ4n) is 2.59. The SMILES string of the molecule is Cc1ccc(C(=O)CCN2CC(C)OC(CO)C2)cc1F. The van der Waals surface area contributed by atoms with Crippen molar-refractivity contribution in [2.75, 3.05) is 26.2 Å². The second-order valence-electron chi connectivity index (χ2n) is 5.65. The summed E-state index contributed by atoms with van der Waals surface area (Å²) in [6, 6.07) is 4.59. The third-order valence-electron chi connectivity index (χ3n) is 3.75. The maximum absolute atomic E-state index is 13.5. The summed E-state index contributed by atoms with van der Waals surface area (Å²) in [5.74, 6) is -0.408. The number of aliphatic hydroxyl groups excluding tert-OH is 1. The van der Waals surface area contributed by atoms with Gasteiger partial charge in [0, 0.05) is 31.6 Å². The summed E-state index contributed by atoms with van der Waals surface area (Å²) >= 11 is 0. The molecule has 1 aliphatic rings. The van der Waals surface area contributed by atoms with Crippen LogP contribution in [0.5, 0.6) is 0 Å². The van der Waals surface area contributed by atoms with Crippen LogP contribution in [0, 0.1) is 12.7 Å². The molecule has 2 atom stereocenters. The van der Waals surface area contributed by atoms with E-state index < -0.39 is 0 Å². The van der Waals surface area contributed by atoms with Crippen LogP contribution in [-0.2, 0) is 4.74 Å². The van der Waals surface area contributed by atoms with Crippen molar-refractivity contribution in [1.82, 2.24) is 4.90 Å². The van der Waals surface area contributed by atoms with Gasteiger partial charge in [0.25, 0.3) is 0 Å². The Bertz CT molecular complexity index is 506. The van der Waals surface area contributed by atoms with E-state index >= 15 is 0 Å². The number of benzene rings is 1. The number of rotatable bonds is 5. The maximum Gasteiger partial charge on any atom is 0.164 e. The second-order valence-corrected chi connectivity index (χ2v) is 5.65. The van der Waals surface area contributed by atoms with Crippen LogP contribution in [0.15, 0.2) is 18.2 Å². The monoisotopic (exact) mass is 295 g/mol. The summed E-state index contributed by atoms with van der Waals surface area (Å²) in [4.78, 5) is 14.2. The first kappa shape index (κ1) is 16.1. The van der Waals surface area contributed by atoms with Crippen LogP contribution in [0.3, 0.4) is 0 Å². The van der Waals surface area contributed by atoms with E-state index in [0.29, 0.717) is 30.6 Å². The maximum atomic E-state index is 13.5. The predicted molar refractivity (Wildman–Crippen MR) is 77.9 cm³/mol. The van der Waals surface area contributed by atoms with E-state index in [1.54, 1.807) is 19.1 Å². The minimum absolute atomic E-state index is 0.0159. The Kier molecular flexibility index (Phi) is 5.45. The first-order chi connectivity index (χ1) is 9.99. The molecule has 0 aliphatic carbocycles. The van der Waals surface area contributed by atoms with Gasteiger partial charge in [0.1, 0.15) is 5.82 Å². The Balaban J connectivity index is 1.89. The number of aliphatic hydroxyl groups is 1. The third-order valence-corrected chi connectivity index (χ3v) is 3.75. The third kappa shape index (κ3) is 4.33. The van der Waals surface area contributed by atoms with Gasteiger partial charge in [-0.3, -0.25) is 9.69 Å². The standard InChI is InChI=1S/C16H22FNO3/c1-11-3-4-13(7-15(11)17)16(20)5-6-18-8-12(2)21-14(9-18)10-19/h3-4,7,12,14,19H,5-6,8-10H2,1-2H3. The number of ketones is 1. The van der Waals surface area contributed by atoms with E-state index in [0.717, 1.165) is 6.54 Å². The highest BCUT2D eigenvalue weighted by molar-refractivity contribution is 5.96. The molecular weight excluding hydrogens is 273 g/mol. The number of hydrogen-bond donors (Lipinski definition) is 1. The zero-order valence-electron chi connectivity index (χ0n) is 12.5. The number of hydrogen-bond acceptors (Lipinski definition) is 4. The van der Waals surface area contributed by atoms with Crippen LogP contribution < -0.4 is 0 Å². The Morgan fingerprint density at radius 1 is 1.48 bits per heavy atom. The molecule has 1 aromatic rings. The highest BCUT2D eigenvalue weighted by Crippen LogP contribution is 2.14. The molecule has 5 heteroatoms. The molecule has 1 aliphatic heterocycles. The molecular formula is C16H22FNO3. The molecule has 4 nitrogen and oxygen atoms in total. The van der Waals surface area contributed by atoms with Crippen molar-refractivity contribution in [2.45, 2.75) is 32.5 Å². The average molecular weight is 295 g/mol. The van der Waals surface area contributed by atoms with E-state index in [4.69, 9.17) is 4.74 Å². The minimum Gasteiger partial charge on any atom is -0.394 e. The minimum atomic E-state index is -0.346. The van der Waals surface area contributed by atoms with Gasteiger partial charge in [-0.2, -0.15) is 0 Å². The Morgan fingerprint density at radius 3 is 2.90 bits per heavy atom. The quantitative estimate of drug-likeness (QED) is 0.841. The number of ether oxygens (including phenoxy) is 1. The molecule has 1 aromatic carbocycles. The first-order valence-corrected chi connectivity index (χ1v) is 7.27. The van der Waals surface area contributed by atoms with Gasteiger partial charge in [-0.05, 0) is 25.5 Å². The Hall–Kier alpha value is -1.30. The molecule has 0 spiro atoms. The van der Waals surface area contributed by atoms with Crippen LogP contribution in [0.25, 0.3) is 0 Å². The molecule has 2 rings (SSSR count). The first-order valence-electron chi connectivity index (χ1n) is 7.27. The van der Waals surface area contributed by atoms with Gasteiger partial charge in [0.2, 0.25) is 0 Å². The highest BCUT2D eigenvalue weighted by atomic mass is 19.1. The molecule has 1 heterocycles. The summed E-state index contributed by atoms with van der Waals surface area (Å²) in [7, 11) is 0. The van der Waals surface area contributed by atoms with Crippen molar-refractivity contribution >= 4 is 5.78 Å². The normalized spacial score (nSPS) is 23.2. The van der Waals surface area contributed by atoms with Gasteiger partial charge in [-0.25, -0.2) is 4.39 Å². The van der Waals surface area contributed by atoms with E-state index in [-0.39, 0.29) is 30.4 Å². The van der Waals surface area contributed by atoms with Crippen LogP contribution in [-0.4, -0.2) is 54.2 Å². The van der Waals surface area contributed by atoms with Gasteiger partial charge in [0.05, 0.1) is 18.8 Å². The van der Waals surface area contributed by atoms with Crippen molar-refractivity contribution < 1.29 is 19.0 Å². The summed E-state index contributed by atoms with van der Waals surface area (Å²) in [5.41, 5.74) is 0.956. The molecule has 2 unspecified atom stereocenters. The zero-order valence-corrected chi connectivity index (χ0v) is 12.5. The highest BCUT2D eigenvalue weighted by Gasteiger charge is 2.24. The number of aryl methyl sites for hydroxylation is 1.